The quantitative estimate of drug-likeness (QED) is 0.754. The predicted octanol–water partition coefficient (Wildman–Crippen LogP) is 2.91. The molecule has 0 fully saturated rings. The van der Waals surface area contributed by atoms with Gasteiger partial charge in [0.1, 0.15) is 0 Å². The monoisotopic (exact) mass is 334 g/mol. The molecular weight excluding hydrogens is 312 g/mol. The van der Waals surface area contributed by atoms with E-state index in [9.17, 15) is 4.79 Å². The number of benzene rings is 2. The van der Waals surface area contributed by atoms with E-state index in [1.165, 1.54) is 5.56 Å². The molecule has 1 aromatic heterocycles. The lowest BCUT2D eigenvalue weighted by molar-refractivity contribution is 0.0942. The Morgan fingerprint density at radius 3 is 2.36 bits per heavy atom. The number of carbonyl (C=O) groups is 1. The second-order valence-electron chi connectivity index (χ2n) is 6.11. The van der Waals surface area contributed by atoms with Gasteiger partial charge in [-0.3, -0.25) is 4.79 Å². The highest BCUT2D eigenvalue weighted by Gasteiger charge is 2.16. The van der Waals surface area contributed by atoms with Gasteiger partial charge in [0.2, 0.25) is 0 Å². The zero-order chi connectivity index (χ0) is 17.6. The van der Waals surface area contributed by atoms with Crippen LogP contribution >= 0.6 is 0 Å². The molecule has 1 atom stereocenters. The summed E-state index contributed by atoms with van der Waals surface area (Å²) in [5.41, 5.74) is 2.65. The van der Waals surface area contributed by atoms with Crippen molar-refractivity contribution in [3.63, 3.8) is 0 Å². The van der Waals surface area contributed by atoms with Crippen LogP contribution < -0.4 is 5.32 Å². The minimum Gasteiger partial charge on any atom is -0.350 e. The second-order valence-corrected chi connectivity index (χ2v) is 6.11. The van der Waals surface area contributed by atoms with Gasteiger partial charge in [0.05, 0.1) is 23.5 Å². The molecule has 1 heterocycles. The van der Waals surface area contributed by atoms with Crippen molar-refractivity contribution in [1.82, 2.24) is 20.0 Å². The van der Waals surface area contributed by atoms with E-state index in [1.54, 1.807) is 17.1 Å². The van der Waals surface area contributed by atoms with E-state index >= 15 is 0 Å². The molecule has 0 saturated carbocycles. The fourth-order valence-electron chi connectivity index (χ4n) is 2.73. The first-order chi connectivity index (χ1) is 12.1. The van der Waals surface area contributed by atoms with Crippen molar-refractivity contribution < 1.29 is 4.79 Å². The lowest BCUT2D eigenvalue weighted by Gasteiger charge is -2.25. The number of nitrogens with one attached hydrogen (secondary N) is 1. The molecule has 0 unspecified atom stereocenters. The summed E-state index contributed by atoms with van der Waals surface area (Å²) in [6.45, 7) is 0.534. The maximum Gasteiger partial charge on any atom is 0.254 e. The molecule has 0 aliphatic carbocycles. The highest BCUT2D eigenvalue weighted by Crippen LogP contribution is 2.17. The molecule has 0 aliphatic heterocycles. The summed E-state index contributed by atoms with van der Waals surface area (Å²) in [5, 5.41) is 7.28. The zero-order valence-electron chi connectivity index (χ0n) is 14.5. The van der Waals surface area contributed by atoms with Crippen LogP contribution in [-0.2, 0) is 0 Å². The average Bonchev–Trinajstić information content (AvgIpc) is 3.13. The van der Waals surface area contributed by atoms with Crippen molar-refractivity contribution in [2.75, 3.05) is 20.6 Å². The SMILES string of the molecule is CN(C)[C@H](CNC(=O)c1cnn(-c2ccccc2)c1)c1ccccc1. The number of likely N-dealkylation sites (N-methyl/N-ethyl adjacent to an activating group) is 1. The number of para-hydroxylation sites is 1. The highest BCUT2D eigenvalue weighted by atomic mass is 16.1. The van der Waals surface area contributed by atoms with Crippen LogP contribution in [0.4, 0.5) is 0 Å². The minimum atomic E-state index is -0.120. The zero-order valence-corrected chi connectivity index (χ0v) is 14.5. The van der Waals surface area contributed by atoms with Gasteiger partial charge in [-0.1, -0.05) is 48.5 Å². The first-order valence-electron chi connectivity index (χ1n) is 8.25. The number of rotatable bonds is 6. The molecule has 3 aromatic rings. The summed E-state index contributed by atoms with van der Waals surface area (Å²) in [6.07, 6.45) is 3.34. The lowest BCUT2D eigenvalue weighted by Crippen LogP contribution is -2.34. The maximum atomic E-state index is 12.5. The molecule has 0 spiro atoms. The third kappa shape index (κ3) is 4.14. The molecule has 5 heteroatoms. The van der Waals surface area contributed by atoms with Crippen molar-refractivity contribution in [2.45, 2.75) is 6.04 Å². The molecule has 5 nitrogen and oxygen atoms in total. The van der Waals surface area contributed by atoms with Gasteiger partial charge in [-0.25, -0.2) is 4.68 Å². The Labute approximate surface area is 147 Å². The van der Waals surface area contributed by atoms with Crippen LogP contribution in [0.25, 0.3) is 5.69 Å². The van der Waals surface area contributed by atoms with Crippen molar-refractivity contribution in [3.8, 4) is 5.69 Å². The predicted molar refractivity (Wildman–Crippen MR) is 98.8 cm³/mol. The number of nitrogens with zero attached hydrogens (tertiary/aromatic N) is 3. The Morgan fingerprint density at radius 1 is 1.08 bits per heavy atom. The largest absolute Gasteiger partial charge is 0.350 e. The van der Waals surface area contributed by atoms with Crippen LogP contribution in [0.15, 0.2) is 73.1 Å². The topological polar surface area (TPSA) is 50.2 Å². The molecule has 0 bridgehead atoms. The highest BCUT2D eigenvalue weighted by molar-refractivity contribution is 5.93. The molecule has 128 valence electrons. The van der Waals surface area contributed by atoms with Gasteiger partial charge < -0.3 is 10.2 Å². The number of aromatic nitrogens is 2. The number of hydrogen-bond donors (Lipinski definition) is 1. The molecule has 2 aromatic carbocycles. The summed E-state index contributed by atoms with van der Waals surface area (Å²) < 4.78 is 1.70. The van der Waals surface area contributed by atoms with E-state index in [0.29, 0.717) is 12.1 Å². The van der Waals surface area contributed by atoms with E-state index in [-0.39, 0.29) is 11.9 Å². The summed E-state index contributed by atoms with van der Waals surface area (Å²) >= 11 is 0. The van der Waals surface area contributed by atoms with E-state index in [0.717, 1.165) is 5.69 Å². The summed E-state index contributed by atoms with van der Waals surface area (Å²) in [7, 11) is 4.02. The second kappa shape index (κ2) is 7.77. The van der Waals surface area contributed by atoms with Crippen LogP contribution in [0.1, 0.15) is 22.0 Å². The van der Waals surface area contributed by atoms with Gasteiger partial charge >= 0.3 is 0 Å². The minimum absolute atomic E-state index is 0.120. The Hall–Kier alpha value is -2.92. The molecule has 0 aliphatic rings. The summed E-state index contributed by atoms with van der Waals surface area (Å²) in [6, 6.07) is 20.0. The summed E-state index contributed by atoms with van der Waals surface area (Å²) in [5.74, 6) is -0.120. The number of amides is 1. The van der Waals surface area contributed by atoms with Crippen LogP contribution in [0, 0.1) is 0 Å². The van der Waals surface area contributed by atoms with E-state index in [1.807, 2.05) is 62.6 Å². The molecular formula is C20H22N4O. The van der Waals surface area contributed by atoms with Crippen molar-refractivity contribution in [2.24, 2.45) is 0 Å². The fourth-order valence-corrected chi connectivity index (χ4v) is 2.73. The van der Waals surface area contributed by atoms with Gasteiger partial charge in [-0.05, 0) is 31.8 Å². The van der Waals surface area contributed by atoms with Crippen LogP contribution in [0.2, 0.25) is 0 Å². The first kappa shape index (κ1) is 16.9. The van der Waals surface area contributed by atoms with Crippen molar-refractivity contribution in [3.05, 3.63) is 84.2 Å². The van der Waals surface area contributed by atoms with Crippen LogP contribution in [0.5, 0.6) is 0 Å². The van der Waals surface area contributed by atoms with E-state index in [4.69, 9.17) is 0 Å². The van der Waals surface area contributed by atoms with E-state index < -0.39 is 0 Å². The Bertz CT molecular complexity index is 812. The van der Waals surface area contributed by atoms with Crippen LogP contribution in [0.3, 0.4) is 0 Å². The van der Waals surface area contributed by atoms with Gasteiger partial charge in [0.15, 0.2) is 0 Å². The molecule has 0 radical (unpaired) electrons. The normalized spacial score (nSPS) is 12.1. The van der Waals surface area contributed by atoms with Crippen molar-refractivity contribution >= 4 is 5.91 Å². The first-order valence-corrected chi connectivity index (χ1v) is 8.25. The van der Waals surface area contributed by atoms with Gasteiger partial charge in [0.25, 0.3) is 5.91 Å². The molecule has 1 N–H and O–H groups in total. The van der Waals surface area contributed by atoms with Crippen molar-refractivity contribution in [1.29, 1.82) is 0 Å². The lowest BCUT2D eigenvalue weighted by atomic mass is 10.1. The summed E-state index contributed by atoms with van der Waals surface area (Å²) in [4.78, 5) is 14.6. The van der Waals surface area contributed by atoms with Gasteiger partial charge in [0, 0.05) is 12.7 Å². The Kier molecular flexibility index (Phi) is 5.26. The Balaban J connectivity index is 1.67. The third-order valence-electron chi connectivity index (χ3n) is 4.13. The number of hydrogen-bond acceptors (Lipinski definition) is 3. The fraction of sp³-hybridized carbons (Fsp3) is 0.200. The number of carbonyl (C=O) groups excluding carboxylic acids is 1. The molecule has 0 saturated heterocycles. The smallest absolute Gasteiger partial charge is 0.254 e. The Morgan fingerprint density at radius 2 is 1.72 bits per heavy atom. The maximum absolute atomic E-state index is 12.5. The van der Waals surface area contributed by atoms with E-state index in [2.05, 4.69) is 27.4 Å². The molecule has 3 rings (SSSR count). The third-order valence-corrected chi connectivity index (χ3v) is 4.13. The standard InChI is InChI=1S/C20H22N4O/c1-23(2)19(16-9-5-3-6-10-16)14-21-20(25)17-13-22-24(15-17)18-11-7-4-8-12-18/h3-13,15,19H,14H2,1-2H3,(H,21,25)/t19-/m1/s1. The molecule has 1 amide bonds. The van der Waals surface area contributed by atoms with Gasteiger partial charge in [-0.15, -0.1) is 0 Å². The van der Waals surface area contributed by atoms with Gasteiger partial charge in [-0.2, -0.15) is 5.10 Å². The average molecular weight is 334 g/mol. The molecule has 25 heavy (non-hydrogen) atoms. The van der Waals surface area contributed by atoms with Crippen LogP contribution in [-0.4, -0.2) is 41.2 Å².